The molecule has 1 amide bonds. The zero-order valence-electron chi connectivity index (χ0n) is 35.3. The molecule has 0 unspecified atom stereocenters. The van der Waals surface area contributed by atoms with E-state index in [4.69, 9.17) is 15.1 Å². The van der Waals surface area contributed by atoms with E-state index in [9.17, 15) is 14.7 Å². The smallest absolute Gasteiger partial charge is 0.407 e. The summed E-state index contributed by atoms with van der Waals surface area (Å²) < 4.78 is 40.6. The van der Waals surface area contributed by atoms with E-state index in [-0.39, 0.29) is 57.8 Å². The molecule has 13 heteroatoms. The third-order valence-corrected chi connectivity index (χ3v) is 16.7. The number of piperazine rings is 1. The van der Waals surface area contributed by atoms with Gasteiger partial charge in [0.25, 0.3) is 8.32 Å². The third-order valence-electron chi connectivity index (χ3n) is 11.7. The molecule has 60 heavy (non-hydrogen) atoms. The Labute approximate surface area is 350 Å². The Hall–Kier alpha value is -5.92. The monoisotopic (exact) mass is 830 g/mol. The highest BCUT2D eigenvalue weighted by atomic mass is 28.4. The second kappa shape index (κ2) is 16.3. The number of rotatable bonds is 9. The van der Waals surface area contributed by atoms with Crippen LogP contribution in [-0.4, -0.2) is 64.1 Å². The number of amides is 1. The zero-order valence-corrected chi connectivity index (χ0v) is 36.3. The van der Waals surface area contributed by atoms with Gasteiger partial charge in [0.2, 0.25) is 0 Å². The molecule has 2 aromatic heterocycles. The molecule has 1 fully saturated rings. The highest BCUT2D eigenvalue weighted by molar-refractivity contribution is 6.99. The maximum Gasteiger partial charge on any atom is 0.407 e. The van der Waals surface area contributed by atoms with E-state index in [0.29, 0.717) is 12.3 Å². The van der Waals surface area contributed by atoms with Crippen molar-refractivity contribution in [2.45, 2.75) is 85.0 Å². The van der Waals surface area contributed by atoms with Gasteiger partial charge in [-0.25, -0.2) is 27.9 Å². The lowest BCUT2D eigenvalue weighted by Crippen LogP contribution is -2.66. The minimum atomic E-state index is -2.91. The Morgan fingerprint density at radius 2 is 1.53 bits per heavy atom. The largest absolute Gasteiger partial charge is 0.465 e. The van der Waals surface area contributed by atoms with Crippen molar-refractivity contribution in [2.75, 3.05) is 23.7 Å². The number of anilines is 2. The van der Waals surface area contributed by atoms with Gasteiger partial charge in [-0.1, -0.05) is 113 Å². The number of benzene rings is 4. The summed E-state index contributed by atoms with van der Waals surface area (Å²) >= 11 is 0. The highest BCUT2D eigenvalue weighted by Crippen LogP contribution is 2.39. The van der Waals surface area contributed by atoms with Crippen molar-refractivity contribution in [3.63, 3.8) is 0 Å². The molecule has 0 aliphatic carbocycles. The summed E-state index contributed by atoms with van der Waals surface area (Å²) in [6, 6.07) is 29.3. The van der Waals surface area contributed by atoms with Crippen molar-refractivity contribution in [1.82, 2.24) is 19.4 Å². The van der Waals surface area contributed by atoms with Gasteiger partial charge >= 0.3 is 11.8 Å². The number of nitrogens with zero attached hydrogens (tertiary/aromatic N) is 5. The normalized spacial score (nSPS) is 16.2. The predicted octanol–water partition coefficient (Wildman–Crippen LogP) is 8.39. The zero-order chi connectivity index (χ0) is 43.3. The average molecular weight is 831 g/mol. The number of nitrogen functional groups attached to an aromatic ring is 1. The summed E-state index contributed by atoms with van der Waals surface area (Å²) in [5.74, 6) is -1.57. The van der Waals surface area contributed by atoms with Gasteiger partial charge in [0.1, 0.15) is 17.3 Å². The first kappa shape index (κ1) is 42.2. The van der Waals surface area contributed by atoms with Crippen LogP contribution < -0.4 is 26.7 Å². The summed E-state index contributed by atoms with van der Waals surface area (Å²) in [7, 11) is -2.91. The van der Waals surface area contributed by atoms with Crippen LogP contribution in [0.4, 0.5) is 25.1 Å². The maximum atomic E-state index is 16.4. The third kappa shape index (κ3) is 7.45. The van der Waals surface area contributed by atoms with Crippen molar-refractivity contribution >= 4 is 47.3 Å². The standard InChI is InChI=1S/C47H52F2N6O4Si/c1-28(2)35-23-32(27-59-60(47(6,7)8,33-16-11-9-12-17-33)34-18-13-10-14-19-34)22-29(3)42(35)55-44-36(24-38(49)41(51-44)40-37(48)20-15-21-39(40)50)43(52-45(55)56)53-25-31(5)54(46(57)58)26-30(53)4/h9-24,28,30-31H,25-27,50H2,1-8H3,(H,57,58)/t30-,31+/m0/s1. The van der Waals surface area contributed by atoms with E-state index in [1.807, 2.05) is 56.9 Å². The van der Waals surface area contributed by atoms with Gasteiger partial charge in [-0.05, 0) is 77.0 Å². The molecule has 10 nitrogen and oxygen atoms in total. The van der Waals surface area contributed by atoms with Crippen LogP contribution in [0.25, 0.3) is 28.0 Å². The molecule has 1 aliphatic heterocycles. The van der Waals surface area contributed by atoms with Gasteiger partial charge in [0, 0.05) is 30.9 Å². The number of fused-ring (bicyclic) bond motifs is 1. The highest BCUT2D eigenvalue weighted by Gasteiger charge is 2.50. The fourth-order valence-corrected chi connectivity index (χ4v) is 13.4. The summed E-state index contributed by atoms with van der Waals surface area (Å²) in [6.45, 7) is 16.9. The Balaban J connectivity index is 1.43. The van der Waals surface area contributed by atoms with E-state index >= 15 is 8.78 Å². The summed E-state index contributed by atoms with van der Waals surface area (Å²) in [6.07, 6.45) is -1.06. The number of pyridine rings is 1. The van der Waals surface area contributed by atoms with Crippen LogP contribution in [0, 0.1) is 18.6 Å². The van der Waals surface area contributed by atoms with Crippen LogP contribution in [0.1, 0.15) is 71.1 Å². The number of nitrogens with two attached hydrogens (primary N) is 1. The van der Waals surface area contributed by atoms with Gasteiger partial charge in [0.05, 0.1) is 23.2 Å². The predicted molar refractivity (Wildman–Crippen MR) is 237 cm³/mol. The van der Waals surface area contributed by atoms with Gasteiger partial charge < -0.3 is 25.1 Å². The van der Waals surface area contributed by atoms with Gasteiger partial charge in [-0.2, -0.15) is 4.98 Å². The molecule has 1 aliphatic rings. The molecule has 0 bridgehead atoms. The first-order valence-corrected chi connectivity index (χ1v) is 22.2. The maximum absolute atomic E-state index is 16.4. The van der Waals surface area contributed by atoms with E-state index in [2.05, 4.69) is 74.3 Å². The van der Waals surface area contributed by atoms with E-state index < -0.39 is 43.8 Å². The van der Waals surface area contributed by atoms with Crippen LogP contribution >= 0.6 is 0 Å². The summed E-state index contributed by atoms with van der Waals surface area (Å²) in [5, 5.41) is 12.1. The SMILES string of the molecule is Cc1cc(CO[Si](c2ccccc2)(c2ccccc2)C(C)(C)C)cc(C(C)C)c1-n1c(=O)nc(N2C[C@@H](C)N(C(=O)O)C[C@@H]2C)c2cc(F)c(-c3c(N)cccc3F)nc21. The molecule has 0 saturated carbocycles. The Bertz CT molecular complexity index is 2570. The van der Waals surface area contributed by atoms with Crippen LogP contribution in [0.5, 0.6) is 0 Å². The molecule has 2 atom stereocenters. The molecule has 0 spiro atoms. The van der Waals surface area contributed by atoms with Crippen LogP contribution in [0.3, 0.4) is 0 Å². The Morgan fingerprint density at radius 1 is 0.900 bits per heavy atom. The summed E-state index contributed by atoms with van der Waals surface area (Å²) in [5.41, 5.74) is 8.01. The van der Waals surface area contributed by atoms with Gasteiger partial charge in [-0.15, -0.1) is 0 Å². The topological polar surface area (TPSA) is 127 Å². The number of carbonyl (C=O) groups is 1. The van der Waals surface area contributed by atoms with Crippen LogP contribution in [0.2, 0.25) is 5.04 Å². The molecular formula is C47H52F2N6O4Si. The molecule has 6 aromatic rings. The lowest BCUT2D eigenvalue weighted by molar-refractivity contribution is 0.114. The van der Waals surface area contributed by atoms with E-state index in [1.165, 1.54) is 33.7 Å². The van der Waals surface area contributed by atoms with E-state index in [1.54, 1.807) is 6.92 Å². The molecule has 312 valence electrons. The Kier molecular flexibility index (Phi) is 11.4. The minimum Gasteiger partial charge on any atom is -0.465 e. The molecular weight excluding hydrogens is 779 g/mol. The minimum absolute atomic E-state index is 0.0135. The molecule has 3 heterocycles. The Morgan fingerprint density at radius 3 is 2.10 bits per heavy atom. The fourth-order valence-electron chi connectivity index (χ4n) is 8.85. The molecule has 7 rings (SSSR count). The van der Waals surface area contributed by atoms with Crippen LogP contribution in [-0.2, 0) is 11.0 Å². The number of hydrogen-bond donors (Lipinski definition) is 2. The fraction of sp³-hybridized carbons (Fsp3) is 0.319. The lowest BCUT2D eigenvalue weighted by atomic mass is 9.95. The molecule has 1 saturated heterocycles. The number of aryl methyl sites for hydroxylation is 1. The van der Waals surface area contributed by atoms with Crippen molar-refractivity contribution in [2.24, 2.45) is 0 Å². The first-order valence-electron chi connectivity index (χ1n) is 20.3. The second-order valence-electron chi connectivity index (χ2n) is 17.2. The van der Waals surface area contributed by atoms with Gasteiger partial charge in [0.15, 0.2) is 11.5 Å². The van der Waals surface area contributed by atoms with Crippen LogP contribution in [0.15, 0.2) is 102 Å². The summed E-state index contributed by atoms with van der Waals surface area (Å²) in [4.78, 5) is 39.2. The lowest BCUT2D eigenvalue weighted by Gasteiger charge is -2.43. The number of carboxylic acid groups (broad SMARTS) is 1. The number of hydrogen-bond acceptors (Lipinski definition) is 7. The number of aromatic nitrogens is 3. The molecule has 4 aromatic carbocycles. The van der Waals surface area contributed by atoms with Gasteiger partial charge in [-0.3, -0.25) is 0 Å². The second-order valence-corrected chi connectivity index (χ2v) is 21.5. The quantitative estimate of drug-likeness (QED) is 0.110. The van der Waals surface area contributed by atoms with Crippen molar-refractivity contribution in [3.05, 3.63) is 136 Å². The average Bonchev–Trinajstić information content (AvgIpc) is 3.19. The number of halogens is 2. The molecule has 3 N–H and O–H groups in total. The van der Waals surface area contributed by atoms with Crippen molar-refractivity contribution < 1.29 is 23.1 Å². The van der Waals surface area contributed by atoms with E-state index in [0.717, 1.165) is 27.1 Å². The molecule has 0 radical (unpaired) electrons. The van der Waals surface area contributed by atoms with Crippen molar-refractivity contribution in [3.8, 4) is 16.9 Å². The van der Waals surface area contributed by atoms with Crippen molar-refractivity contribution in [1.29, 1.82) is 0 Å². The first-order chi connectivity index (χ1) is 28.4.